The maximum absolute atomic E-state index is 5.81. The molecule has 6 rings (SSSR count). The highest BCUT2D eigenvalue weighted by atomic mass is 32.1. The van der Waals surface area contributed by atoms with Gasteiger partial charge in [-0.25, -0.2) is 0 Å². The Balaban J connectivity index is 1.60. The lowest BCUT2D eigenvalue weighted by atomic mass is 9.82. The van der Waals surface area contributed by atoms with Crippen LogP contribution in [0.25, 0.3) is 53.5 Å². The third kappa shape index (κ3) is 3.04. The van der Waals surface area contributed by atoms with Crippen molar-refractivity contribution in [3.8, 4) is 21.7 Å². The summed E-state index contributed by atoms with van der Waals surface area (Å²) in [5, 5.41) is 4.88. The van der Waals surface area contributed by atoms with E-state index >= 15 is 0 Å². The lowest BCUT2D eigenvalue weighted by Crippen LogP contribution is -2.12. The summed E-state index contributed by atoms with van der Waals surface area (Å²) in [6, 6.07) is 26.0. The average Bonchev–Trinajstić information content (AvgIpc) is 3.44. The number of para-hydroxylation sites is 1. The number of rotatable bonds is 2. The maximum Gasteiger partial charge on any atom is 0.142 e. The van der Waals surface area contributed by atoms with Crippen LogP contribution in [0.5, 0.6) is 0 Å². The zero-order chi connectivity index (χ0) is 21.9. The fourth-order valence-electron chi connectivity index (χ4n) is 4.58. The van der Waals surface area contributed by atoms with Crippen molar-refractivity contribution in [1.82, 2.24) is 4.98 Å². The van der Waals surface area contributed by atoms with Crippen LogP contribution in [-0.4, -0.2) is 4.98 Å². The van der Waals surface area contributed by atoms with E-state index in [4.69, 9.17) is 9.40 Å². The van der Waals surface area contributed by atoms with Crippen LogP contribution in [0.4, 0.5) is 0 Å². The second kappa shape index (κ2) is 7.04. The normalized spacial score (nSPS) is 12.2. The summed E-state index contributed by atoms with van der Waals surface area (Å²) >= 11 is 1.79. The molecule has 0 amide bonds. The monoisotopic (exact) mass is 433 g/mol. The van der Waals surface area contributed by atoms with E-state index in [1.165, 1.54) is 36.9 Å². The van der Waals surface area contributed by atoms with E-state index in [1.54, 1.807) is 17.6 Å². The molecule has 0 atom stereocenters. The van der Waals surface area contributed by atoms with Crippen molar-refractivity contribution in [1.29, 1.82) is 0 Å². The first-order valence-corrected chi connectivity index (χ1v) is 11.7. The van der Waals surface area contributed by atoms with Crippen LogP contribution in [0, 0.1) is 0 Å². The highest BCUT2D eigenvalue weighted by molar-refractivity contribution is 7.22. The zero-order valence-corrected chi connectivity index (χ0v) is 19.2. The molecule has 0 N–H and O–H groups in total. The van der Waals surface area contributed by atoms with E-state index in [1.807, 2.05) is 12.3 Å². The molecule has 32 heavy (non-hydrogen) atoms. The molecular formula is C29H23NOS. The Morgan fingerprint density at radius 3 is 2.53 bits per heavy atom. The molecule has 156 valence electrons. The Labute approximate surface area is 191 Å². The number of thiophene rings is 1. The molecule has 0 fully saturated rings. The minimum Gasteiger partial charge on any atom is -0.464 e. The smallest absolute Gasteiger partial charge is 0.142 e. The van der Waals surface area contributed by atoms with Gasteiger partial charge in [-0.3, -0.25) is 4.98 Å². The standard InChI is InChI=1S/C29H23NOS/c1-29(2,3)24-16-20(15-19-7-4-5-9-21(19)24)27-23-17-26(32-25(23)11-13-30-27)22-10-6-8-18-12-14-31-28(18)22/h4-17H,1-3H3. The number of fused-ring (bicyclic) bond motifs is 3. The number of pyridine rings is 1. The van der Waals surface area contributed by atoms with Crippen molar-refractivity contribution in [2.24, 2.45) is 0 Å². The van der Waals surface area contributed by atoms with Gasteiger partial charge in [0, 0.05) is 37.7 Å². The molecule has 0 aliphatic rings. The Morgan fingerprint density at radius 2 is 1.66 bits per heavy atom. The molecule has 3 aromatic carbocycles. The highest BCUT2D eigenvalue weighted by Gasteiger charge is 2.20. The van der Waals surface area contributed by atoms with Crippen LogP contribution in [0.3, 0.4) is 0 Å². The fraction of sp³-hybridized carbons (Fsp3) is 0.138. The summed E-state index contributed by atoms with van der Waals surface area (Å²) in [6.45, 7) is 6.83. The van der Waals surface area contributed by atoms with Gasteiger partial charge in [-0.15, -0.1) is 11.3 Å². The van der Waals surface area contributed by atoms with Crippen molar-refractivity contribution < 1.29 is 4.42 Å². The second-order valence-electron chi connectivity index (χ2n) is 9.32. The molecular weight excluding hydrogens is 410 g/mol. The van der Waals surface area contributed by atoms with E-state index in [0.29, 0.717) is 0 Å². The second-order valence-corrected chi connectivity index (χ2v) is 10.4. The largest absolute Gasteiger partial charge is 0.464 e. The minimum absolute atomic E-state index is 0.0399. The van der Waals surface area contributed by atoms with E-state index < -0.39 is 0 Å². The Bertz CT molecular complexity index is 1610. The molecule has 2 nitrogen and oxygen atoms in total. The quantitative estimate of drug-likeness (QED) is 0.273. The average molecular weight is 434 g/mol. The Morgan fingerprint density at radius 1 is 0.812 bits per heavy atom. The van der Waals surface area contributed by atoms with E-state index in [-0.39, 0.29) is 5.41 Å². The maximum atomic E-state index is 5.81. The molecule has 0 radical (unpaired) electrons. The molecule has 3 aromatic heterocycles. The van der Waals surface area contributed by atoms with Crippen molar-refractivity contribution in [2.45, 2.75) is 26.2 Å². The van der Waals surface area contributed by atoms with Gasteiger partial charge in [0.15, 0.2) is 0 Å². The van der Waals surface area contributed by atoms with Gasteiger partial charge < -0.3 is 4.42 Å². The van der Waals surface area contributed by atoms with Gasteiger partial charge in [-0.05, 0) is 58.1 Å². The molecule has 3 heteroatoms. The summed E-state index contributed by atoms with van der Waals surface area (Å²) in [6.07, 6.45) is 3.69. The predicted octanol–water partition coefficient (Wildman–Crippen LogP) is 8.83. The van der Waals surface area contributed by atoms with Crippen LogP contribution < -0.4 is 0 Å². The van der Waals surface area contributed by atoms with E-state index in [0.717, 1.165) is 22.2 Å². The SMILES string of the molecule is CC(C)(C)c1cc(-c2nccc3sc(-c4cccc5ccoc45)cc23)cc2ccccc12. The van der Waals surface area contributed by atoms with Crippen LogP contribution in [-0.2, 0) is 5.41 Å². The lowest BCUT2D eigenvalue weighted by Gasteiger charge is -2.22. The van der Waals surface area contributed by atoms with Crippen LogP contribution in [0.15, 0.2) is 89.7 Å². The van der Waals surface area contributed by atoms with Gasteiger partial charge in [-0.2, -0.15) is 0 Å². The Hall–Kier alpha value is -3.43. The van der Waals surface area contributed by atoms with E-state index in [9.17, 15) is 0 Å². The van der Waals surface area contributed by atoms with Crippen molar-refractivity contribution in [2.75, 3.05) is 0 Å². The number of hydrogen-bond acceptors (Lipinski definition) is 3. The van der Waals surface area contributed by atoms with Crippen molar-refractivity contribution in [3.05, 3.63) is 90.8 Å². The predicted molar refractivity (Wildman–Crippen MR) is 136 cm³/mol. The molecule has 0 saturated carbocycles. The van der Waals surface area contributed by atoms with Crippen molar-refractivity contribution >= 4 is 43.2 Å². The summed E-state index contributed by atoms with van der Waals surface area (Å²) < 4.78 is 7.04. The number of nitrogens with zero attached hydrogens (tertiary/aromatic N) is 1. The third-order valence-corrected chi connectivity index (χ3v) is 7.27. The molecule has 0 spiro atoms. The van der Waals surface area contributed by atoms with Crippen molar-refractivity contribution in [3.63, 3.8) is 0 Å². The number of benzene rings is 3. The molecule has 0 aliphatic heterocycles. The van der Waals surface area contributed by atoms with Gasteiger partial charge in [0.05, 0.1) is 12.0 Å². The number of hydrogen-bond donors (Lipinski definition) is 0. The minimum atomic E-state index is 0.0399. The summed E-state index contributed by atoms with van der Waals surface area (Å²) in [4.78, 5) is 6.05. The molecule has 0 aliphatic carbocycles. The topological polar surface area (TPSA) is 26.0 Å². The summed E-state index contributed by atoms with van der Waals surface area (Å²) in [5.41, 5.74) is 5.66. The first-order chi connectivity index (χ1) is 15.5. The Kier molecular flexibility index (Phi) is 4.24. The summed E-state index contributed by atoms with van der Waals surface area (Å²) in [5.74, 6) is 0. The van der Waals surface area contributed by atoms with Gasteiger partial charge >= 0.3 is 0 Å². The molecule has 0 unspecified atom stereocenters. The van der Waals surface area contributed by atoms with Crippen LogP contribution in [0.2, 0.25) is 0 Å². The van der Waals surface area contributed by atoms with Gasteiger partial charge in [-0.1, -0.05) is 57.2 Å². The lowest BCUT2D eigenvalue weighted by molar-refractivity contribution is 0.596. The first kappa shape index (κ1) is 19.3. The third-order valence-electron chi connectivity index (χ3n) is 6.13. The van der Waals surface area contributed by atoms with Crippen LogP contribution in [0.1, 0.15) is 26.3 Å². The van der Waals surface area contributed by atoms with E-state index in [2.05, 4.69) is 87.5 Å². The highest BCUT2D eigenvalue weighted by Crippen LogP contribution is 2.42. The van der Waals surface area contributed by atoms with Gasteiger partial charge in [0.2, 0.25) is 0 Å². The van der Waals surface area contributed by atoms with Gasteiger partial charge in [0.1, 0.15) is 5.58 Å². The molecule has 0 saturated heterocycles. The number of furan rings is 1. The number of aromatic nitrogens is 1. The first-order valence-electron chi connectivity index (χ1n) is 10.9. The fourth-order valence-corrected chi connectivity index (χ4v) is 5.66. The molecule has 0 bridgehead atoms. The van der Waals surface area contributed by atoms with Crippen LogP contribution >= 0.6 is 11.3 Å². The zero-order valence-electron chi connectivity index (χ0n) is 18.3. The summed E-state index contributed by atoms with van der Waals surface area (Å²) in [7, 11) is 0. The molecule has 3 heterocycles. The molecule has 6 aromatic rings. The van der Waals surface area contributed by atoms with Gasteiger partial charge in [0.25, 0.3) is 0 Å².